The molecule has 0 aromatic heterocycles. The van der Waals surface area contributed by atoms with Crippen molar-refractivity contribution in [3.63, 3.8) is 0 Å². The van der Waals surface area contributed by atoms with E-state index in [1.165, 1.54) is 4.90 Å². The highest BCUT2D eigenvalue weighted by Gasteiger charge is 2.56. The summed E-state index contributed by atoms with van der Waals surface area (Å²) in [5.41, 5.74) is 1.72. The smallest absolute Gasteiger partial charge is 0.257 e. The van der Waals surface area contributed by atoms with Crippen LogP contribution in [-0.2, 0) is 9.53 Å². The number of epoxide rings is 1. The fraction of sp³-hybridized carbons (Fsp3) is 0.474. The summed E-state index contributed by atoms with van der Waals surface area (Å²) >= 11 is 0. The van der Waals surface area contributed by atoms with Gasteiger partial charge in [-0.2, -0.15) is 0 Å². The predicted octanol–water partition coefficient (Wildman–Crippen LogP) is 1.85. The van der Waals surface area contributed by atoms with Crippen LogP contribution in [-0.4, -0.2) is 54.0 Å². The van der Waals surface area contributed by atoms with Gasteiger partial charge >= 0.3 is 0 Å². The number of aromatic hydroxyl groups is 1. The van der Waals surface area contributed by atoms with Crippen molar-refractivity contribution >= 4 is 17.4 Å². The third-order valence-corrected chi connectivity index (χ3v) is 4.83. The second kappa shape index (κ2) is 6.99. The summed E-state index contributed by atoms with van der Waals surface area (Å²) in [5.74, 6) is -0.500. The SMILES string of the molecule is CCC(CC)NC1=C(Nc2cccc(C(=O)N(C)C)c2O)C2OC2C1=O. The molecule has 1 aromatic carbocycles. The van der Waals surface area contributed by atoms with Crippen molar-refractivity contribution < 1.29 is 19.4 Å². The van der Waals surface area contributed by atoms with Crippen molar-refractivity contribution in [3.05, 3.63) is 35.2 Å². The Kier molecular flexibility index (Phi) is 4.91. The molecule has 0 radical (unpaired) electrons. The van der Waals surface area contributed by atoms with E-state index in [1.807, 2.05) is 0 Å². The minimum absolute atomic E-state index is 0.0654. The average Bonchev–Trinajstić information content (AvgIpc) is 3.37. The molecule has 2 unspecified atom stereocenters. The van der Waals surface area contributed by atoms with Gasteiger partial charge in [0.1, 0.15) is 11.8 Å². The molecule has 3 rings (SSSR count). The number of nitrogens with zero attached hydrogens (tertiary/aromatic N) is 1. The second-order valence-corrected chi connectivity index (χ2v) is 6.81. The number of carbonyl (C=O) groups is 2. The van der Waals surface area contributed by atoms with E-state index in [9.17, 15) is 14.7 Å². The zero-order chi connectivity index (χ0) is 19.0. The largest absolute Gasteiger partial charge is 0.505 e. The average molecular weight is 359 g/mol. The number of para-hydroxylation sites is 1. The Morgan fingerprint density at radius 3 is 2.58 bits per heavy atom. The van der Waals surface area contributed by atoms with E-state index < -0.39 is 6.10 Å². The van der Waals surface area contributed by atoms with Crippen LogP contribution in [0.25, 0.3) is 0 Å². The molecule has 7 nitrogen and oxygen atoms in total. The van der Waals surface area contributed by atoms with Crippen LogP contribution in [0.1, 0.15) is 37.0 Å². The monoisotopic (exact) mass is 359 g/mol. The Balaban J connectivity index is 1.91. The molecule has 2 atom stereocenters. The van der Waals surface area contributed by atoms with Crippen molar-refractivity contribution in [2.45, 2.75) is 44.9 Å². The molecule has 0 bridgehead atoms. The van der Waals surface area contributed by atoms with Crippen molar-refractivity contribution in [2.75, 3.05) is 19.4 Å². The Hall–Kier alpha value is -2.54. The number of phenolic OH excluding ortho intramolecular Hbond substituents is 1. The number of nitrogens with one attached hydrogen (secondary N) is 2. The number of phenols is 1. The maximum absolute atomic E-state index is 12.5. The summed E-state index contributed by atoms with van der Waals surface area (Å²) in [6.07, 6.45) is 1.04. The van der Waals surface area contributed by atoms with Crippen LogP contribution in [0, 0.1) is 0 Å². The molecule has 1 aliphatic carbocycles. The van der Waals surface area contributed by atoms with Crippen molar-refractivity contribution in [2.24, 2.45) is 0 Å². The van der Waals surface area contributed by atoms with E-state index in [0.717, 1.165) is 12.8 Å². The molecular formula is C19H25N3O4. The molecule has 1 fully saturated rings. The molecule has 1 saturated heterocycles. The summed E-state index contributed by atoms with van der Waals surface area (Å²) < 4.78 is 5.42. The normalized spacial score (nSPS) is 21.0. The van der Waals surface area contributed by atoms with Crippen molar-refractivity contribution in [1.29, 1.82) is 0 Å². The van der Waals surface area contributed by atoms with Gasteiger partial charge in [-0.05, 0) is 25.0 Å². The van der Waals surface area contributed by atoms with Gasteiger partial charge in [0.2, 0.25) is 5.78 Å². The van der Waals surface area contributed by atoms with E-state index in [-0.39, 0.29) is 35.1 Å². The standard InChI is InChI=1S/C19H25N3O4/c1-5-10(6-2)20-13-14(17-18(26-17)16(13)24)21-12-9-7-8-11(15(12)23)19(25)22(3)4/h7-10,17-18,20-21,23H,5-6H2,1-4H3. The molecule has 1 aliphatic heterocycles. The second-order valence-electron chi connectivity index (χ2n) is 6.81. The maximum Gasteiger partial charge on any atom is 0.257 e. The topological polar surface area (TPSA) is 94.2 Å². The van der Waals surface area contributed by atoms with Gasteiger partial charge in [-0.3, -0.25) is 9.59 Å². The van der Waals surface area contributed by atoms with E-state index in [1.54, 1.807) is 32.3 Å². The number of hydrogen-bond acceptors (Lipinski definition) is 6. The molecule has 0 saturated carbocycles. The molecule has 1 heterocycles. The lowest BCUT2D eigenvalue weighted by Gasteiger charge is -2.20. The van der Waals surface area contributed by atoms with Gasteiger partial charge in [0.15, 0.2) is 11.9 Å². The Morgan fingerprint density at radius 2 is 1.96 bits per heavy atom. The van der Waals surface area contributed by atoms with Crippen molar-refractivity contribution in [3.8, 4) is 5.75 Å². The molecule has 140 valence electrons. The summed E-state index contributed by atoms with van der Waals surface area (Å²) in [5, 5.41) is 16.9. The summed E-state index contributed by atoms with van der Waals surface area (Å²) in [6.45, 7) is 4.13. The van der Waals surface area contributed by atoms with Gasteiger partial charge in [-0.1, -0.05) is 19.9 Å². The zero-order valence-corrected chi connectivity index (χ0v) is 15.5. The van der Waals surface area contributed by atoms with E-state index in [0.29, 0.717) is 17.1 Å². The number of ketones is 1. The van der Waals surface area contributed by atoms with Gasteiger partial charge in [0.25, 0.3) is 5.91 Å². The third kappa shape index (κ3) is 3.14. The van der Waals surface area contributed by atoms with Crippen LogP contribution in [0.2, 0.25) is 0 Å². The minimum atomic E-state index is -0.442. The number of amides is 1. The fourth-order valence-electron chi connectivity index (χ4n) is 3.13. The lowest BCUT2D eigenvalue weighted by molar-refractivity contribution is -0.117. The number of anilines is 1. The van der Waals surface area contributed by atoms with Gasteiger partial charge in [0.05, 0.1) is 16.9 Å². The number of ether oxygens (including phenoxy) is 1. The Labute approximate surface area is 153 Å². The summed E-state index contributed by atoms with van der Waals surface area (Å²) in [4.78, 5) is 26.1. The lowest BCUT2D eigenvalue weighted by Crippen LogP contribution is -2.32. The molecule has 2 aliphatic rings. The number of benzene rings is 1. The summed E-state index contributed by atoms with van der Waals surface area (Å²) in [7, 11) is 3.25. The molecule has 0 spiro atoms. The third-order valence-electron chi connectivity index (χ3n) is 4.83. The highest BCUT2D eigenvalue weighted by Crippen LogP contribution is 2.41. The molecular weight excluding hydrogens is 334 g/mol. The van der Waals surface area contributed by atoms with Crippen LogP contribution in [0.15, 0.2) is 29.6 Å². The quantitative estimate of drug-likeness (QED) is 0.508. The van der Waals surface area contributed by atoms with E-state index in [4.69, 9.17) is 4.74 Å². The number of fused-ring (bicyclic) bond motifs is 1. The first-order valence-electron chi connectivity index (χ1n) is 8.90. The first kappa shape index (κ1) is 18.3. The van der Waals surface area contributed by atoms with Gasteiger partial charge in [-0.15, -0.1) is 0 Å². The van der Waals surface area contributed by atoms with Gasteiger partial charge in [0, 0.05) is 20.1 Å². The minimum Gasteiger partial charge on any atom is -0.505 e. The highest BCUT2D eigenvalue weighted by molar-refractivity contribution is 6.06. The number of Topliss-reactive ketones (excluding diaryl/α,β-unsaturated/α-hetero) is 1. The number of rotatable bonds is 7. The number of carbonyl (C=O) groups excluding carboxylic acids is 2. The number of hydrogen-bond donors (Lipinski definition) is 3. The molecule has 1 aromatic rings. The van der Waals surface area contributed by atoms with Crippen LogP contribution in [0.3, 0.4) is 0 Å². The van der Waals surface area contributed by atoms with Gasteiger partial charge in [-0.25, -0.2) is 0 Å². The molecule has 3 N–H and O–H groups in total. The van der Waals surface area contributed by atoms with Crippen LogP contribution in [0.4, 0.5) is 5.69 Å². The molecule has 26 heavy (non-hydrogen) atoms. The zero-order valence-electron chi connectivity index (χ0n) is 15.5. The fourth-order valence-corrected chi connectivity index (χ4v) is 3.13. The first-order chi connectivity index (χ1) is 12.4. The van der Waals surface area contributed by atoms with Crippen molar-refractivity contribution in [1.82, 2.24) is 10.2 Å². The predicted molar refractivity (Wildman–Crippen MR) is 97.9 cm³/mol. The maximum atomic E-state index is 12.5. The van der Waals surface area contributed by atoms with Gasteiger partial charge < -0.3 is 25.4 Å². The lowest BCUT2D eigenvalue weighted by atomic mass is 10.1. The summed E-state index contributed by atoms with van der Waals surface area (Å²) in [6, 6.07) is 5.12. The van der Waals surface area contributed by atoms with E-state index >= 15 is 0 Å². The van der Waals surface area contributed by atoms with E-state index in [2.05, 4.69) is 24.5 Å². The van der Waals surface area contributed by atoms with Crippen LogP contribution < -0.4 is 10.6 Å². The highest BCUT2D eigenvalue weighted by atomic mass is 16.6. The van der Waals surface area contributed by atoms with Crippen LogP contribution in [0.5, 0.6) is 5.75 Å². The molecule has 1 amide bonds. The van der Waals surface area contributed by atoms with Crippen LogP contribution >= 0.6 is 0 Å². The first-order valence-corrected chi connectivity index (χ1v) is 8.90. The Morgan fingerprint density at radius 1 is 1.27 bits per heavy atom. The molecule has 7 heteroatoms. The Bertz CT molecular complexity index is 768.